The van der Waals surface area contributed by atoms with Crippen LogP contribution in [0.1, 0.15) is 39.0 Å². The molecule has 2 aliphatic heterocycles. The largest absolute Gasteiger partial charge is 0.497 e. The second-order valence-corrected chi connectivity index (χ2v) is 8.72. The van der Waals surface area contributed by atoms with Gasteiger partial charge in [0.1, 0.15) is 11.5 Å². The van der Waals surface area contributed by atoms with E-state index in [1.54, 1.807) is 57.6 Å². The predicted molar refractivity (Wildman–Crippen MR) is 134 cm³/mol. The van der Waals surface area contributed by atoms with E-state index in [2.05, 4.69) is 5.32 Å². The highest BCUT2D eigenvalue weighted by atomic mass is 16.5. The highest BCUT2D eigenvalue weighted by molar-refractivity contribution is 6.05. The fourth-order valence-corrected chi connectivity index (χ4v) is 5.26. The van der Waals surface area contributed by atoms with Gasteiger partial charge in [-0.2, -0.15) is 0 Å². The molecule has 0 aromatic heterocycles. The average molecular weight is 489 g/mol. The minimum absolute atomic E-state index is 0.0842. The molecule has 0 spiro atoms. The first-order chi connectivity index (χ1) is 17.5. The Balaban J connectivity index is 1.65. The smallest absolute Gasteiger partial charge is 0.254 e. The van der Waals surface area contributed by atoms with Crippen molar-refractivity contribution in [3.8, 4) is 23.0 Å². The van der Waals surface area contributed by atoms with Gasteiger partial charge in [-0.25, -0.2) is 0 Å². The Kier molecular flexibility index (Phi) is 6.18. The lowest BCUT2D eigenvalue weighted by Gasteiger charge is -2.45. The Labute approximate surface area is 209 Å². The molecular formula is C28H28N2O6. The van der Waals surface area contributed by atoms with Crippen molar-refractivity contribution in [2.45, 2.75) is 18.4 Å². The van der Waals surface area contributed by atoms with E-state index in [9.17, 15) is 9.59 Å². The van der Waals surface area contributed by atoms with Crippen LogP contribution >= 0.6 is 0 Å². The standard InChI is InChI=1S/C28H28N2O6/c1-33-17-9-10-22(34-2)21(14-17)29-27(31)25-18-7-5-6-8-19(18)28(32)30-12-11-16-13-23(35-3)24(36-4)15-20(16)26(25)30/h5-10,13-15,25-26H,11-12H2,1-4H3,(H,29,31)/t25-,26-/m0/s1. The summed E-state index contributed by atoms with van der Waals surface area (Å²) in [5.74, 6) is 1.28. The van der Waals surface area contributed by atoms with Crippen LogP contribution in [0, 0.1) is 0 Å². The van der Waals surface area contributed by atoms with Gasteiger partial charge < -0.3 is 29.2 Å². The Morgan fingerprint density at radius 1 is 0.861 bits per heavy atom. The number of carbonyl (C=O) groups excluding carboxylic acids is 2. The monoisotopic (exact) mass is 488 g/mol. The number of fused-ring (bicyclic) bond motifs is 4. The lowest BCUT2D eigenvalue weighted by atomic mass is 9.75. The molecule has 0 unspecified atom stereocenters. The maximum Gasteiger partial charge on any atom is 0.254 e. The predicted octanol–water partition coefficient (Wildman–Crippen LogP) is 4.20. The third kappa shape index (κ3) is 3.79. The van der Waals surface area contributed by atoms with Crippen molar-refractivity contribution in [3.63, 3.8) is 0 Å². The molecule has 5 rings (SSSR count). The molecule has 0 aliphatic carbocycles. The van der Waals surface area contributed by atoms with Gasteiger partial charge in [0.15, 0.2) is 11.5 Å². The second kappa shape index (κ2) is 9.45. The Morgan fingerprint density at radius 3 is 2.31 bits per heavy atom. The summed E-state index contributed by atoms with van der Waals surface area (Å²) in [6.45, 7) is 0.493. The normalized spacial score (nSPS) is 17.9. The van der Waals surface area contributed by atoms with E-state index in [1.165, 1.54) is 0 Å². The summed E-state index contributed by atoms with van der Waals surface area (Å²) in [5, 5.41) is 3.04. The van der Waals surface area contributed by atoms with Gasteiger partial charge in [-0.15, -0.1) is 0 Å². The zero-order valence-corrected chi connectivity index (χ0v) is 20.7. The highest BCUT2D eigenvalue weighted by Crippen LogP contribution is 2.48. The molecule has 2 amide bonds. The van der Waals surface area contributed by atoms with E-state index in [1.807, 2.05) is 30.3 Å². The molecule has 1 N–H and O–H groups in total. The molecule has 0 bridgehead atoms. The van der Waals surface area contributed by atoms with E-state index in [-0.39, 0.29) is 11.8 Å². The first kappa shape index (κ1) is 23.5. The Hall–Kier alpha value is -4.20. The number of hydrogen-bond donors (Lipinski definition) is 1. The Morgan fingerprint density at radius 2 is 1.58 bits per heavy atom. The van der Waals surface area contributed by atoms with Crippen LogP contribution in [-0.2, 0) is 11.2 Å². The summed E-state index contributed by atoms with van der Waals surface area (Å²) < 4.78 is 21.9. The second-order valence-electron chi connectivity index (χ2n) is 8.72. The van der Waals surface area contributed by atoms with Crippen molar-refractivity contribution in [3.05, 3.63) is 76.9 Å². The number of hydrogen-bond acceptors (Lipinski definition) is 6. The Bertz CT molecular complexity index is 1340. The number of anilines is 1. The lowest BCUT2D eigenvalue weighted by Crippen LogP contribution is -2.49. The van der Waals surface area contributed by atoms with Gasteiger partial charge in [0.2, 0.25) is 5.91 Å². The van der Waals surface area contributed by atoms with Crippen LogP contribution in [0.5, 0.6) is 23.0 Å². The summed E-state index contributed by atoms with van der Waals surface area (Å²) in [6.07, 6.45) is 0.651. The lowest BCUT2D eigenvalue weighted by molar-refractivity contribution is -0.119. The van der Waals surface area contributed by atoms with Crippen LogP contribution in [0.2, 0.25) is 0 Å². The highest BCUT2D eigenvalue weighted by Gasteiger charge is 2.46. The molecular weight excluding hydrogens is 460 g/mol. The van der Waals surface area contributed by atoms with Crippen LogP contribution in [0.3, 0.4) is 0 Å². The van der Waals surface area contributed by atoms with Crippen molar-refractivity contribution < 1.29 is 28.5 Å². The number of benzene rings is 3. The average Bonchev–Trinajstić information content (AvgIpc) is 2.92. The molecule has 0 saturated heterocycles. The van der Waals surface area contributed by atoms with Crippen molar-refractivity contribution in [2.75, 3.05) is 40.3 Å². The van der Waals surface area contributed by atoms with Crippen molar-refractivity contribution in [1.82, 2.24) is 4.90 Å². The maximum absolute atomic E-state index is 14.0. The van der Waals surface area contributed by atoms with Gasteiger partial charge in [0.25, 0.3) is 5.91 Å². The third-order valence-electron chi connectivity index (χ3n) is 6.97. The van der Waals surface area contributed by atoms with E-state index >= 15 is 0 Å². The van der Waals surface area contributed by atoms with Gasteiger partial charge >= 0.3 is 0 Å². The SMILES string of the molecule is COc1ccc(OC)c(NC(=O)[C@H]2c3ccccc3C(=O)N3CCc4cc(OC)c(OC)cc4[C@@H]23)c1. The van der Waals surface area contributed by atoms with Gasteiger partial charge in [-0.3, -0.25) is 9.59 Å². The molecule has 0 saturated carbocycles. The fraction of sp³-hybridized carbons (Fsp3) is 0.286. The molecule has 2 heterocycles. The zero-order valence-electron chi connectivity index (χ0n) is 20.7. The zero-order chi connectivity index (χ0) is 25.4. The number of ether oxygens (including phenoxy) is 4. The minimum atomic E-state index is -0.660. The number of rotatable bonds is 6. The number of carbonyl (C=O) groups is 2. The molecule has 8 heteroatoms. The molecule has 0 fully saturated rings. The molecule has 186 valence electrons. The van der Waals surface area contributed by atoms with E-state index in [0.29, 0.717) is 52.8 Å². The number of nitrogens with one attached hydrogen (secondary N) is 1. The van der Waals surface area contributed by atoms with Gasteiger partial charge in [-0.05, 0) is 53.4 Å². The topological polar surface area (TPSA) is 86.3 Å². The van der Waals surface area contributed by atoms with Gasteiger partial charge in [-0.1, -0.05) is 18.2 Å². The van der Waals surface area contributed by atoms with Crippen molar-refractivity contribution >= 4 is 17.5 Å². The quantitative estimate of drug-likeness (QED) is 0.560. The molecule has 8 nitrogen and oxygen atoms in total. The third-order valence-corrected chi connectivity index (χ3v) is 6.97. The van der Waals surface area contributed by atoms with Crippen molar-refractivity contribution in [1.29, 1.82) is 0 Å². The van der Waals surface area contributed by atoms with Gasteiger partial charge in [0.05, 0.1) is 46.1 Å². The summed E-state index contributed by atoms with van der Waals surface area (Å²) in [4.78, 5) is 29.4. The van der Waals surface area contributed by atoms with Crippen LogP contribution in [0.25, 0.3) is 0 Å². The van der Waals surface area contributed by atoms with Gasteiger partial charge in [0, 0.05) is 18.2 Å². The van der Waals surface area contributed by atoms with E-state index in [4.69, 9.17) is 18.9 Å². The molecule has 0 radical (unpaired) electrons. The summed E-state index contributed by atoms with van der Waals surface area (Å²) in [6, 6.07) is 15.9. The summed E-state index contributed by atoms with van der Waals surface area (Å²) in [7, 11) is 6.28. The van der Waals surface area contributed by atoms with Crippen LogP contribution in [0.4, 0.5) is 5.69 Å². The maximum atomic E-state index is 14.0. The first-order valence-electron chi connectivity index (χ1n) is 11.7. The van der Waals surface area contributed by atoms with Crippen LogP contribution in [0.15, 0.2) is 54.6 Å². The van der Waals surface area contributed by atoms with Crippen LogP contribution < -0.4 is 24.3 Å². The molecule has 2 atom stereocenters. The molecule has 36 heavy (non-hydrogen) atoms. The minimum Gasteiger partial charge on any atom is -0.497 e. The summed E-state index contributed by atoms with van der Waals surface area (Å²) in [5.41, 5.74) is 3.62. The first-order valence-corrected chi connectivity index (χ1v) is 11.7. The number of methoxy groups -OCH3 is 4. The molecule has 2 aliphatic rings. The van der Waals surface area contributed by atoms with Crippen LogP contribution in [-0.4, -0.2) is 51.7 Å². The molecule has 3 aromatic rings. The molecule has 3 aromatic carbocycles. The fourth-order valence-electron chi connectivity index (χ4n) is 5.26. The number of amides is 2. The van der Waals surface area contributed by atoms with E-state index in [0.717, 1.165) is 11.1 Å². The summed E-state index contributed by atoms with van der Waals surface area (Å²) >= 11 is 0. The number of nitrogens with zero attached hydrogens (tertiary/aromatic N) is 1. The van der Waals surface area contributed by atoms with E-state index < -0.39 is 12.0 Å². The van der Waals surface area contributed by atoms with Crippen molar-refractivity contribution in [2.24, 2.45) is 0 Å².